The zero-order valence-corrected chi connectivity index (χ0v) is 19.9. The number of nitrogens with zero attached hydrogens (tertiary/aromatic N) is 4. The fourth-order valence-electron chi connectivity index (χ4n) is 3.52. The zero-order chi connectivity index (χ0) is 25.0. The van der Waals surface area contributed by atoms with E-state index in [4.69, 9.17) is 18.9 Å². The van der Waals surface area contributed by atoms with Gasteiger partial charge >= 0.3 is 0 Å². The van der Waals surface area contributed by atoms with E-state index in [1.165, 1.54) is 38.7 Å². The first-order valence-electron chi connectivity index (χ1n) is 10.9. The molecule has 1 atom stereocenters. The molecule has 2 aromatic heterocycles. The van der Waals surface area contributed by atoms with Crippen LogP contribution in [0.5, 0.6) is 11.5 Å². The Kier molecular flexibility index (Phi) is 7.12. The quantitative estimate of drug-likeness (QED) is 0.470. The predicted molar refractivity (Wildman–Crippen MR) is 123 cm³/mol. The van der Waals surface area contributed by atoms with Gasteiger partial charge in [0.15, 0.2) is 23.1 Å². The second kappa shape index (κ2) is 10.2. The molecule has 186 valence electrons. The van der Waals surface area contributed by atoms with Crippen LogP contribution in [0.2, 0.25) is 0 Å². The highest BCUT2D eigenvalue weighted by Gasteiger charge is 2.32. The minimum absolute atomic E-state index is 0.0447. The molecule has 0 bridgehead atoms. The lowest BCUT2D eigenvalue weighted by Gasteiger charge is -2.16. The maximum atomic E-state index is 14.6. The molecule has 1 aromatic carbocycles. The number of carbonyl (C=O) groups excluding carboxylic acids is 1. The van der Waals surface area contributed by atoms with Crippen molar-refractivity contribution in [3.8, 4) is 11.5 Å². The standard InChI is InChI=1S/C23H27FN6O5/c1-23(2)34-13-18(35-23)11-30-10-16(7-28-30)29-22-26-8-17(9-27-22)33-12-15-5-14(21(31)25-3)6-19(32-4)20(15)24/h5-10,18H,11-13H2,1-4H3,(H,25,31)(H,26,27,29)/t18-/m1/s1. The summed E-state index contributed by atoms with van der Waals surface area (Å²) in [5, 5.41) is 9.88. The number of halogens is 1. The fraction of sp³-hybridized carbons (Fsp3) is 0.391. The lowest BCUT2D eigenvalue weighted by Crippen LogP contribution is -2.24. The molecule has 1 saturated heterocycles. The van der Waals surface area contributed by atoms with Crippen LogP contribution in [0, 0.1) is 5.82 Å². The van der Waals surface area contributed by atoms with Gasteiger partial charge in [-0.15, -0.1) is 0 Å². The van der Waals surface area contributed by atoms with Crippen molar-refractivity contribution in [2.45, 2.75) is 38.9 Å². The highest BCUT2D eigenvalue weighted by molar-refractivity contribution is 5.94. The van der Waals surface area contributed by atoms with Crippen LogP contribution in [-0.2, 0) is 22.6 Å². The van der Waals surface area contributed by atoms with E-state index >= 15 is 0 Å². The van der Waals surface area contributed by atoms with Crippen LogP contribution in [0.3, 0.4) is 0 Å². The van der Waals surface area contributed by atoms with Crippen LogP contribution in [-0.4, -0.2) is 58.3 Å². The van der Waals surface area contributed by atoms with Gasteiger partial charge in [0.2, 0.25) is 5.95 Å². The predicted octanol–water partition coefficient (Wildman–Crippen LogP) is 2.65. The monoisotopic (exact) mass is 486 g/mol. The summed E-state index contributed by atoms with van der Waals surface area (Å²) in [6.45, 7) is 4.68. The summed E-state index contributed by atoms with van der Waals surface area (Å²) in [4.78, 5) is 20.4. The van der Waals surface area contributed by atoms with E-state index in [0.29, 0.717) is 30.5 Å². The molecule has 1 aliphatic rings. The number of hydrogen-bond donors (Lipinski definition) is 2. The van der Waals surface area contributed by atoms with Gasteiger partial charge in [-0.2, -0.15) is 5.10 Å². The maximum Gasteiger partial charge on any atom is 0.251 e. The number of nitrogens with one attached hydrogen (secondary N) is 2. The molecule has 0 spiro atoms. The minimum Gasteiger partial charge on any atom is -0.494 e. The second-order valence-corrected chi connectivity index (χ2v) is 8.29. The topological polar surface area (TPSA) is 122 Å². The van der Waals surface area contributed by atoms with Gasteiger partial charge in [0.25, 0.3) is 5.91 Å². The summed E-state index contributed by atoms with van der Waals surface area (Å²) in [5.41, 5.74) is 1.13. The third-order valence-corrected chi connectivity index (χ3v) is 5.19. The SMILES string of the molecule is CNC(=O)c1cc(COc2cnc(Nc3cnn(C[C@@H]4COC(C)(C)O4)c3)nc2)c(F)c(OC)c1. The van der Waals surface area contributed by atoms with E-state index in [1.807, 2.05) is 20.0 Å². The number of methoxy groups -OCH3 is 1. The van der Waals surface area contributed by atoms with E-state index in [2.05, 4.69) is 25.7 Å². The Morgan fingerprint density at radius 1 is 1.29 bits per heavy atom. The lowest BCUT2D eigenvalue weighted by molar-refractivity contribution is -0.139. The Morgan fingerprint density at radius 2 is 2.06 bits per heavy atom. The number of hydrogen-bond acceptors (Lipinski definition) is 9. The molecule has 35 heavy (non-hydrogen) atoms. The molecule has 12 heteroatoms. The Hall–Kier alpha value is -3.77. The fourth-order valence-corrected chi connectivity index (χ4v) is 3.52. The molecule has 0 aliphatic carbocycles. The van der Waals surface area contributed by atoms with E-state index in [9.17, 15) is 9.18 Å². The van der Waals surface area contributed by atoms with Gasteiger partial charge in [-0.3, -0.25) is 9.48 Å². The Morgan fingerprint density at radius 3 is 2.71 bits per heavy atom. The summed E-state index contributed by atoms with van der Waals surface area (Å²) >= 11 is 0. The van der Waals surface area contributed by atoms with Crippen molar-refractivity contribution in [3.63, 3.8) is 0 Å². The van der Waals surface area contributed by atoms with Crippen molar-refractivity contribution in [2.24, 2.45) is 0 Å². The van der Waals surface area contributed by atoms with Crippen molar-refractivity contribution in [2.75, 3.05) is 26.1 Å². The molecule has 2 N–H and O–H groups in total. The molecular weight excluding hydrogens is 459 g/mol. The minimum atomic E-state index is -0.602. The van der Waals surface area contributed by atoms with E-state index in [-0.39, 0.29) is 35.5 Å². The average molecular weight is 487 g/mol. The van der Waals surface area contributed by atoms with Gasteiger partial charge < -0.3 is 29.6 Å². The van der Waals surface area contributed by atoms with Crippen molar-refractivity contribution in [3.05, 3.63) is 53.9 Å². The van der Waals surface area contributed by atoms with Crippen LogP contribution in [0.25, 0.3) is 0 Å². The van der Waals surface area contributed by atoms with Crippen LogP contribution in [0.4, 0.5) is 16.0 Å². The van der Waals surface area contributed by atoms with E-state index in [1.54, 1.807) is 10.9 Å². The molecule has 4 rings (SSSR count). The van der Waals surface area contributed by atoms with Gasteiger partial charge in [-0.1, -0.05) is 0 Å². The summed E-state index contributed by atoms with van der Waals surface area (Å²) in [7, 11) is 2.82. The molecular formula is C23H27FN6O5. The number of benzene rings is 1. The summed E-state index contributed by atoms with van der Waals surface area (Å²) in [5.74, 6) is -0.920. The highest BCUT2D eigenvalue weighted by Crippen LogP contribution is 2.25. The Bertz CT molecular complexity index is 1180. The van der Waals surface area contributed by atoms with Crippen LogP contribution in [0.15, 0.2) is 36.9 Å². The second-order valence-electron chi connectivity index (χ2n) is 8.29. The van der Waals surface area contributed by atoms with Gasteiger partial charge in [0, 0.05) is 24.4 Å². The number of ether oxygens (including phenoxy) is 4. The average Bonchev–Trinajstić information content (AvgIpc) is 3.43. The number of carbonyl (C=O) groups is 1. The summed E-state index contributed by atoms with van der Waals surface area (Å²) in [6, 6.07) is 2.74. The van der Waals surface area contributed by atoms with Gasteiger partial charge in [0.05, 0.1) is 44.5 Å². The zero-order valence-electron chi connectivity index (χ0n) is 19.9. The highest BCUT2D eigenvalue weighted by atomic mass is 19.1. The first kappa shape index (κ1) is 24.4. The first-order valence-corrected chi connectivity index (χ1v) is 10.9. The van der Waals surface area contributed by atoms with Gasteiger partial charge in [0.1, 0.15) is 12.7 Å². The molecule has 1 amide bonds. The van der Waals surface area contributed by atoms with Gasteiger partial charge in [-0.05, 0) is 26.0 Å². The van der Waals surface area contributed by atoms with Crippen molar-refractivity contribution >= 4 is 17.5 Å². The molecule has 3 heterocycles. The number of anilines is 2. The normalized spacial score (nSPS) is 16.7. The van der Waals surface area contributed by atoms with Crippen molar-refractivity contribution in [1.29, 1.82) is 0 Å². The molecule has 0 radical (unpaired) electrons. The van der Waals surface area contributed by atoms with Crippen LogP contribution < -0.4 is 20.1 Å². The van der Waals surface area contributed by atoms with Crippen molar-refractivity contribution < 1.29 is 28.1 Å². The van der Waals surface area contributed by atoms with Gasteiger partial charge in [-0.25, -0.2) is 14.4 Å². The number of rotatable bonds is 9. The molecule has 0 unspecified atom stereocenters. The third kappa shape index (κ3) is 6.03. The van der Waals surface area contributed by atoms with E-state index < -0.39 is 11.6 Å². The smallest absolute Gasteiger partial charge is 0.251 e. The number of amides is 1. The first-order chi connectivity index (χ1) is 16.8. The summed E-state index contributed by atoms with van der Waals surface area (Å²) in [6.07, 6.45) is 6.32. The maximum absolute atomic E-state index is 14.6. The molecule has 1 aliphatic heterocycles. The Labute approximate surface area is 201 Å². The molecule has 11 nitrogen and oxygen atoms in total. The largest absolute Gasteiger partial charge is 0.494 e. The number of aromatic nitrogens is 4. The molecule has 0 saturated carbocycles. The summed E-state index contributed by atoms with van der Waals surface area (Å²) < 4.78 is 38.4. The lowest BCUT2D eigenvalue weighted by atomic mass is 10.1. The van der Waals surface area contributed by atoms with Crippen molar-refractivity contribution in [1.82, 2.24) is 25.1 Å². The molecule has 3 aromatic rings. The Balaban J connectivity index is 1.35. The van der Waals surface area contributed by atoms with E-state index in [0.717, 1.165) is 0 Å². The van der Waals surface area contributed by atoms with Crippen LogP contribution >= 0.6 is 0 Å². The molecule has 1 fully saturated rings. The van der Waals surface area contributed by atoms with Crippen LogP contribution in [0.1, 0.15) is 29.8 Å². The third-order valence-electron chi connectivity index (χ3n) is 5.19.